The molecule has 2 atom stereocenters. The van der Waals surface area contributed by atoms with E-state index in [4.69, 9.17) is 9.47 Å². The summed E-state index contributed by atoms with van der Waals surface area (Å²) in [5.41, 5.74) is 4.50. The summed E-state index contributed by atoms with van der Waals surface area (Å²) >= 11 is 0. The fourth-order valence-corrected chi connectivity index (χ4v) is 6.46. The van der Waals surface area contributed by atoms with Gasteiger partial charge >= 0.3 is 43.4 Å². The molecule has 4 aliphatic carbocycles. The summed E-state index contributed by atoms with van der Waals surface area (Å²) in [7, 11) is 0. The molecule has 0 N–H and O–H groups in total. The van der Waals surface area contributed by atoms with Crippen molar-refractivity contribution < 1.29 is 77.7 Å². The molecule has 2 nitrogen and oxygen atoms in total. The van der Waals surface area contributed by atoms with Gasteiger partial charge in [0.2, 0.25) is 0 Å². The molecule has 2 unspecified atom stereocenters. The molecule has 0 bridgehead atoms. The van der Waals surface area contributed by atoms with Gasteiger partial charge in [-0.3, -0.25) is 12.2 Å². The maximum absolute atomic E-state index is 6.45. The molecule has 0 aromatic rings. The van der Waals surface area contributed by atoms with Crippen LogP contribution in [0.1, 0.15) is 94.9 Å². The number of halogens is 2. The second-order valence-electron chi connectivity index (χ2n) is 12.6. The maximum atomic E-state index is 6.45. The summed E-state index contributed by atoms with van der Waals surface area (Å²) in [6, 6.07) is 0. The van der Waals surface area contributed by atoms with Crippen LogP contribution < -0.4 is 24.8 Å². The minimum Gasteiger partial charge on any atom is -1.00 e. The van der Waals surface area contributed by atoms with Crippen LogP contribution in [0.5, 0.6) is 0 Å². The topological polar surface area (TPSA) is 18.5 Å². The zero-order valence-electron chi connectivity index (χ0n) is 27.3. The van der Waals surface area contributed by atoms with Crippen LogP contribution in [0.25, 0.3) is 0 Å². The van der Waals surface area contributed by atoms with Crippen molar-refractivity contribution in [2.45, 2.75) is 118 Å². The van der Waals surface area contributed by atoms with E-state index in [9.17, 15) is 0 Å². The smallest absolute Gasteiger partial charge is 1.00 e. The van der Waals surface area contributed by atoms with E-state index in [2.05, 4.69) is 142 Å². The number of ether oxygens (including phenoxy) is 2. The minimum absolute atomic E-state index is 0. The molecule has 0 saturated heterocycles. The molecule has 0 spiro atoms. The predicted molar refractivity (Wildman–Crippen MR) is 162 cm³/mol. The molecule has 0 radical (unpaired) electrons. The molecule has 0 heterocycles. The van der Waals surface area contributed by atoms with E-state index in [0.717, 1.165) is 25.7 Å². The summed E-state index contributed by atoms with van der Waals surface area (Å²) < 4.78 is 12.9. The van der Waals surface area contributed by atoms with Gasteiger partial charge in [0.15, 0.2) is 0 Å². The van der Waals surface area contributed by atoms with Crippen LogP contribution >= 0.6 is 0 Å². The zero-order chi connectivity index (χ0) is 28.2. The first-order valence-corrected chi connectivity index (χ1v) is 14.4. The molecule has 42 heavy (non-hydrogen) atoms. The average Bonchev–Trinajstić information content (AvgIpc) is 3.57. The van der Waals surface area contributed by atoms with Crippen molar-refractivity contribution in [3.05, 3.63) is 95.2 Å². The van der Waals surface area contributed by atoms with Gasteiger partial charge in [0.1, 0.15) is 0 Å². The Balaban J connectivity index is 0. The normalized spacial score (nSPS) is 24.3. The summed E-state index contributed by atoms with van der Waals surface area (Å²) in [5, 5.41) is 0. The molecule has 0 saturated carbocycles. The standard InChI is InChI=1S/2C18H25O.2ClH.2Ti/c2*1-14(2)19-18(13-9-8-10-15(18)3)17(4,5)16-11-6-7-12-16;;;;/h2*6,8-11,14H,7,13H2,1-5H3;2*1H;;/q2*-1;;;2*+2/p-2. The molecule has 4 rings (SSSR count). The molecular formula is C36H50Cl2O2Ti2. The molecular weight excluding hydrogens is 631 g/mol. The molecule has 0 amide bonds. The first-order chi connectivity index (χ1) is 17.8. The monoisotopic (exact) mass is 680 g/mol. The third kappa shape index (κ3) is 8.98. The molecule has 228 valence electrons. The maximum Gasteiger partial charge on any atom is 2.00 e. The van der Waals surface area contributed by atoms with Crippen LogP contribution in [0.4, 0.5) is 0 Å². The molecule has 6 heteroatoms. The van der Waals surface area contributed by atoms with Gasteiger partial charge in [0.05, 0.1) is 23.4 Å². The van der Waals surface area contributed by atoms with Crippen molar-refractivity contribution in [1.82, 2.24) is 0 Å². The van der Waals surface area contributed by atoms with E-state index in [0.29, 0.717) is 0 Å². The van der Waals surface area contributed by atoms with E-state index in [1.54, 1.807) is 0 Å². The van der Waals surface area contributed by atoms with E-state index in [1.165, 1.54) is 22.3 Å². The summed E-state index contributed by atoms with van der Waals surface area (Å²) in [6.45, 7) is 22.0. The summed E-state index contributed by atoms with van der Waals surface area (Å²) in [4.78, 5) is 0. The van der Waals surface area contributed by atoms with Crippen molar-refractivity contribution in [3.63, 3.8) is 0 Å². The van der Waals surface area contributed by atoms with E-state index >= 15 is 0 Å². The summed E-state index contributed by atoms with van der Waals surface area (Å²) in [5.74, 6) is 0. The van der Waals surface area contributed by atoms with Crippen molar-refractivity contribution in [3.8, 4) is 0 Å². The van der Waals surface area contributed by atoms with Crippen LogP contribution in [0, 0.1) is 23.0 Å². The third-order valence-electron chi connectivity index (χ3n) is 8.68. The number of hydrogen-bond acceptors (Lipinski definition) is 2. The average molecular weight is 681 g/mol. The fraction of sp³-hybridized carbons (Fsp3) is 0.556. The van der Waals surface area contributed by atoms with Crippen molar-refractivity contribution in [1.29, 1.82) is 0 Å². The van der Waals surface area contributed by atoms with E-state index < -0.39 is 0 Å². The van der Waals surface area contributed by atoms with Gasteiger partial charge < -0.3 is 34.3 Å². The van der Waals surface area contributed by atoms with E-state index in [-0.39, 0.29) is 102 Å². The Kier molecular flexibility index (Phi) is 19.0. The van der Waals surface area contributed by atoms with Gasteiger partial charge in [-0.25, -0.2) is 23.3 Å². The molecule has 0 fully saturated rings. The molecule has 0 aliphatic heterocycles. The Morgan fingerprint density at radius 3 is 1.21 bits per heavy atom. The molecule has 4 aliphatic rings. The first-order valence-electron chi connectivity index (χ1n) is 14.4. The largest absolute Gasteiger partial charge is 2.00 e. The Morgan fingerprint density at radius 1 is 0.643 bits per heavy atom. The number of hydrogen-bond donors (Lipinski definition) is 0. The van der Waals surface area contributed by atoms with Crippen LogP contribution in [-0.2, 0) is 52.9 Å². The van der Waals surface area contributed by atoms with E-state index in [1.807, 2.05) is 0 Å². The third-order valence-corrected chi connectivity index (χ3v) is 8.68. The number of rotatable bonds is 8. The van der Waals surface area contributed by atoms with Gasteiger partial charge in [0, 0.05) is 0 Å². The molecule has 0 aromatic carbocycles. The second-order valence-corrected chi connectivity index (χ2v) is 12.6. The van der Waals surface area contributed by atoms with Crippen molar-refractivity contribution in [2.75, 3.05) is 0 Å². The molecule has 0 aromatic heterocycles. The quantitative estimate of drug-likeness (QED) is 0.289. The minimum atomic E-state index is -0.257. The Labute approximate surface area is 300 Å². The Bertz CT molecular complexity index is 1030. The van der Waals surface area contributed by atoms with Crippen molar-refractivity contribution >= 4 is 0 Å². The first kappa shape index (κ1) is 44.0. The van der Waals surface area contributed by atoms with Crippen LogP contribution in [-0.4, -0.2) is 23.4 Å². The fourth-order valence-electron chi connectivity index (χ4n) is 6.46. The zero-order valence-corrected chi connectivity index (χ0v) is 32.0. The van der Waals surface area contributed by atoms with Crippen LogP contribution in [0.15, 0.2) is 83.1 Å². The second kappa shape index (κ2) is 18.1. The van der Waals surface area contributed by atoms with Gasteiger partial charge in [-0.2, -0.15) is 12.2 Å². The SMILES string of the molecule is CC1=CC=CCC1(OC(C)C)C(C)(C)C1=[C-]CC=C1.CC1=CC=CCC1(OC(C)C)C(C)(C)C1=[C-]CC=C1.[Cl-].[Cl-].[Ti+2].[Ti+2]. The summed E-state index contributed by atoms with van der Waals surface area (Å²) in [6.07, 6.45) is 33.0. The Morgan fingerprint density at radius 2 is 0.976 bits per heavy atom. The van der Waals surface area contributed by atoms with Crippen LogP contribution in [0.3, 0.4) is 0 Å². The van der Waals surface area contributed by atoms with Gasteiger partial charge in [-0.05, 0) is 76.4 Å². The van der Waals surface area contributed by atoms with Crippen LogP contribution in [0.2, 0.25) is 0 Å². The number of allylic oxidation sites excluding steroid dienone is 10. The Hall–Kier alpha value is -0.151. The predicted octanol–water partition coefficient (Wildman–Crippen LogP) is 3.55. The van der Waals surface area contributed by atoms with Crippen molar-refractivity contribution in [2.24, 2.45) is 10.8 Å². The van der Waals surface area contributed by atoms with Gasteiger partial charge in [-0.15, -0.1) is 12.8 Å². The van der Waals surface area contributed by atoms with Gasteiger partial charge in [0.25, 0.3) is 0 Å². The van der Waals surface area contributed by atoms with Gasteiger partial charge in [-0.1, -0.05) is 64.2 Å².